The molecule has 4 heteroatoms. The second-order valence-corrected chi connectivity index (χ2v) is 4.85. The van der Waals surface area contributed by atoms with Gasteiger partial charge >= 0.3 is 5.97 Å². The van der Waals surface area contributed by atoms with Gasteiger partial charge in [0.2, 0.25) is 5.91 Å². The molecule has 0 aromatic heterocycles. The number of ether oxygens (including phenoxy) is 1. The molecule has 4 nitrogen and oxygen atoms in total. The molecule has 16 heavy (non-hydrogen) atoms. The van der Waals surface area contributed by atoms with Crippen molar-refractivity contribution < 1.29 is 14.3 Å². The van der Waals surface area contributed by atoms with Gasteiger partial charge in [0.1, 0.15) is 0 Å². The third-order valence-corrected chi connectivity index (χ3v) is 3.80. The van der Waals surface area contributed by atoms with Crippen molar-refractivity contribution in [1.29, 1.82) is 0 Å². The summed E-state index contributed by atoms with van der Waals surface area (Å²) >= 11 is 0. The summed E-state index contributed by atoms with van der Waals surface area (Å²) in [6.07, 6.45) is 5.11. The van der Waals surface area contributed by atoms with E-state index in [1.807, 2.05) is 6.92 Å². The average Bonchev–Trinajstić information content (AvgIpc) is 2.61. The number of esters is 1. The molecule has 2 rings (SSSR count). The lowest BCUT2D eigenvalue weighted by Gasteiger charge is -2.36. The molecule has 0 aromatic rings. The Hall–Kier alpha value is -1.06. The first kappa shape index (κ1) is 11.4. The first-order chi connectivity index (χ1) is 7.65. The number of hydrogen-bond donors (Lipinski definition) is 1. The van der Waals surface area contributed by atoms with E-state index < -0.39 is 0 Å². The van der Waals surface area contributed by atoms with Gasteiger partial charge in [-0.1, -0.05) is 0 Å². The third-order valence-electron chi connectivity index (χ3n) is 3.80. The van der Waals surface area contributed by atoms with Gasteiger partial charge < -0.3 is 10.1 Å². The van der Waals surface area contributed by atoms with Crippen LogP contribution < -0.4 is 5.32 Å². The molecule has 1 spiro atoms. The van der Waals surface area contributed by atoms with Crippen LogP contribution in [0.25, 0.3) is 0 Å². The van der Waals surface area contributed by atoms with Gasteiger partial charge in [-0.3, -0.25) is 9.59 Å². The highest BCUT2D eigenvalue weighted by Crippen LogP contribution is 2.38. The maximum Gasteiger partial charge on any atom is 0.308 e. The molecular formula is C12H19NO3. The Morgan fingerprint density at radius 3 is 2.62 bits per heavy atom. The van der Waals surface area contributed by atoms with Crippen molar-refractivity contribution in [3.63, 3.8) is 0 Å². The lowest BCUT2D eigenvalue weighted by atomic mass is 9.76. The minimum absolute atomic E-state index is 0.0000774. The Labute approximate surface area is 95.7 Å². The van der Waals surface area contributed by atoms with E-state index in [0.29, 0.717) is 13.0 Å². The van der Waals surface area contributed by atoms with Crippen LogP contribution in [0.5, 0.6) is 0 Å². The number of nitrogens with one attached hydrogen (secondary N) is 1. The molecule has 2 fully saturated rings. The van der Waals surface area contributed by atoms with Crippen LogP contribution in [0.3, 0.4) is 0 Å². The van der Waals surface area contributed by atoms with Crippen LogP contribution in [0.2, 0.25) is 0 Å². The second-order valence-electron chi connectivity index (χ2n) is 4.85. The number of carbonyl (C=O) groups excluding carboxylic acids is 2. The van der Waals surface area contributed by atoms with Gasteiger partial charge in [-0.25, -0.2) is 0 Å². The fourth-order valence-electron chi connectivity index (χ4n) is 2.81. The van der Waals surface area contributed by atoms with E-state index in [1.54, 1.807) is 0 Å². The molecular weight excluding hydrogens is 206 g/mol. The van der Waals surface area contributed by atoms with Crippen molar-refractivity contribution in [3.8, 4) is 0 Å². The molecule has 0 bridgehead atoms. The molecule has 0 aromatic carbocycles. The zero-order valence-corrected chi connectivity index (χ0v) is 9.75. The van der Waals surface area contributed by atoms with Gasteiger partial charge in [-0.2, -0.15) is 0 Å². The predicted octanol–water partition coefficient (Wildman–Crippen LogP) is 1.39. The summed E-state index contributed by atoms with van der Waals surface area (Å²) in [7, 11) is 0. The van der Waals surface area contributed by atoms with Gasteiger partial charge in [0.25, 0.3) is 0 Å². The van der Waals surface area contributed by atoms with Crippen molar-refractivity contribution in [2.24, 2.45) is 5.92 Å². The molecule has 1 saturated heterocycles. The molecule has 90 valence electrons. The van der Waals surface area contributed by atoms with E-state index in [4.69, 9.17) is 4.74 Å². The largest absolute Gasteiger partial charge is 0.466 e. The summed E-state index contributed by atoms with van der Waals surface area (Å²) in [4.78, 5) is 22.8. The highest BCUT2D eigenvalue weighted by Gasteiger charge is 2.42. The second kappa shape index (κ2) is 4.44. The van der Waals surface area contributed by atoms with Crippen LogP contribution in [0.4, 0.5) is 0 Å². The zero-order valence-electron chi connectivity index (χ0n) is 9.75. The van der Waals surface area contributed by atoms with Crippen molar-refractivity contribution in [3.05, 3.63) is 0 Å². The lowest BCUT2D eigenvalue weighted by Crippen LogP contribution is -2.45. The van der Waals surface area contributed by atoms with E-state index in [0.717, 1.165) is 32.1 Å². The number of amides is 1. The minimum Gasteiger partial charge on any atom is -0.466 e. The first-order valence-electron chi connectivity index (χ1n) is 6.13. The van der Waals surface area contributed by atoms with E-state index in [2.05, 4.69) is 5.32 Å². The average molecular weight is 225 g/mol. The Morgan fingerprint density at radius 1 is 1.44 bits per heavy atom. The van der Waals surface area contributed by atoms with Gasteiger partial charge in [-0.05, 0) is 39.0 Å². The quantitative estimate of drug-likeness (QED) is 0.722. The minimum atomic E-state index is -0.0679. The normalized spacial score (nSPS) is 33.8. The van der Waals surface area contributed by atoms with Crippen LogP contribution in [0, 0.1) is 5.92 Å². The van der Waals surface area contributed by atoms with Gasteiger partial charge in [0.15, 0.2) is 0 Å². The molecule has 2 aliphatic rings. The summed E-state index contributed by atoms with van der Waals surface area (Å²) in [5.41, 5.74) is 0.0000774. The summed E-state index contributed by atoms with van der Waals surface area (Å²) in [5, 5.41) is 3.07. The monoisotopic (exact) mass is 225 g/mol. The Bertz CT molecular complexity index is 293. The Kier molecular flexibility index (Phi) is 3.17. The summed E-state index contributed by atoms with van der Waals surface area (Å²) in [6, 6.07) is 0. The van der Waals surface area contributed by atoms with Crippen molar-refractivity contribution in [1.82, 2.24) is 5.32 Å². The fourth-order valence-corrected chi connectivity index (χ4v) is 2.81. The summed E-state index contributed by atoms with van der Waals surface area (Å²) in [6.45, 7) is 2.29. The van der Waals surface area contributed by atoms with E-state index in [1.165, 1.54) is 0 Å². The zero-order chi connectivity index (χ0) is 11.6. The van der Waals surface area contributed by atoms with Crippen LogP contribution in [-0.4, -0.2) is 24.0 Å². The molecule has 1 amide bonds. The van der Waals surface area contributed by atoms with Crippen LogP contribution in [-0.2, 0) is 14.3 Å². The van der Waals surface area contributed by atoms with E-state index in [9.17, 15) is 9.59 Å². The van der Waals surface area contributed by atoms with Crippen LogP contribution in [0.1, 0.15) is 45.4 Å². The predicted molar refractivity (Wildman–Crippen MR) is 58.7 cm³/mol. The molecule has 0 unspecified atom stereocenters. The van der Waals surface area contributed by atoms with E-state index >= 15 is 0 Å². The highest BCUT2D eigenvalue weighted by molar-refractivity contribution is 5.79. The van der Waals surface area contributed by atoms with Gasteiger partial charge in [-0.15, -0.1) is 0 Å². The van der Waals surface area contributed by atoms with Crippen molar-refractivity contribution in [2.45, 2.75) is 51.0 Å². The summed E-state index contributed by atoms with van der Waals surface area (Å²) < 4.78 is 5.03. The smallest absolute Gasteiger partial charge is 0.308 e. The Morgan fingerprint density at radius 2 is 2.12 bits per heavy atom. The molecule has 1 saturated carbocycles. The highest BCUT2D eigenvalue weighted by atomic mass is 16.5. The van der Waals surface area contributed by atoms with Crippen molar-refractivity contribution in [2.75, 3.05) is 6.61 Å². The maximum atomic E-state index is 11.6. The van der Waals surface area contributed by atoms with Crippen LogP contribution in [0.15, 0.2) is 0 Å². The molecule has 1 heterocycles. The molecule has 1 aliphatic carbocycles. The SMILES string of the molecule is CCOC(=O)[C@H]1CC[C@]2(CCC(=O)N2)CC1. The fraction of sp³-hybridized carbons (Fsp3) is 0.833. The molecule has 1 N–H and O–H groups in total. The number of rotatable bonds is 2. The first-order valence-corrected chi connectivity index (χ1v) is 6.13. The summed E-state index contributed by atoms with van der Waals surface area (Å²) in [5.74, 6) is 0.138. The van der Waals surface area contributed by atoms with Crippen LogP contribution >= 0.6 is 0 Å². The molecule has 1 aliphatic heterocycles. The Balaban J connectivity index is 1.87. The standard InChI is InChI=1S/C12H19NO3/c1-2-16-11(15)9-3-6-12(7-4-9)8-5-10(14)13-12/h9H,2-8H2,1H3,(H,13,14)/t9-,12+. The van der Waals surface area contributed by atoms with Gasteiger partial charge in [0, 0.05) is 12.0 Å². The third kappa shape index (κ3) is 2.20. The molecule has 0 atom stereocenters. The lowest BCUT2D eigenvalue weighted by molar-refractivity contribution is -0.149. The maximum absolute atomic E-state index is 11.6. The van der Waals surface area contributed by atoms with Crippen molar-refractivity contribution >= 4 is 11.9 Å². The number of carbonyl (C=O) groups is 2. The number of hydrogen-bond acceptors (Lipinski definition) is 3. The van der Waals surface area contributed by atoms with Gasteiger partial charge in [0.05, 0.1) is 12.5 Å². The molecule has 0 radical (unpaired) electrons. The van der Waals surface area contributed by atoms with E-state index in [-0.39, 0.29) is 23.3 Å². The topological polar surface area (TPSA) is 55.4 Å².